The summed E-state index contributed by atoms with van der Waals surface area (Å²) in [6, 6.07) is 0. The van der Waals surface area contributed by atoms with Crippen LogP contribution in [0.4, 0.5) is 0 Å². The first-order chi connectivity index (χ1) is 6.86. The summed E-state index contributed by atoms with van der Waals surface area (Å²) in [7, 11) is -4.23. The van der Waals surface area contributed by atoms with Crippen molar-refractivity contribution < 1.29 is 13.2 Å². The Morgan fingerprint density at radius 2 is 1.73 bits per heavy atom. The van der Waals surface area contributed by atoms with E-state index in [1.54, 1.807) is 0 Å². The van der Waals surface area contributed by atoms with Crippen molar-refractivity contribution in [1.29, 1.82) is 0 Å². The summed E-state index contributed by atoms with van der Waals surface area (Å²) in [5.74, 6) is 0. The van der Waals surface area contributed by atoms with Gasteiger partial charge in [-0.05, 0) is 12.8 Å². The summed E-state index contributed by atoms with van der Waals surface area (Å²) in [5.41, 5.74) is 0. The lowest BCUT2D eigenvalue weighted by Gasteiger charge is -2.36. The second kappa shape index (κ2) is 4.60. The predicted octanol–water partition coefficient (Wildman–Crippen LogP) is 1.99. The van der Waals surface area contributed by atoms with Crippen LogP contribution in [0.25, 0.3) is 0 Å². The van der Waals surface area contributed by atoms with Crippen molar-refractivity contribution in [2.45, 2.75) is 34.2 Å². The zero-order chi connectivity index (χ0) is 11.7. The number of nitrogens with zero attached hydrogens (tertiary/aromatic N) is 1. The molecule has 0 bridgehead atoms. The Bertz CT molecular complexity index is 380. The molecule has 1 fully saturated rings. The predicted molar refractivity (Wildman–Crippen MR) is 58.8 cm³/mol. The van der Waals surface area contributed by atoms with Crippen molar-refractivity contribution in [3.8, 4) is 0 Å². The van der Waals surface area contributed by atoms with E-state index in [4.69, 9.17) is 34.8 Å². The van der Waals surface area contributed by atoms with Gasteiger partial charge in [-0.2, -0.15) is 0 Å². The fourth-order valence-electron chi connectivity index (χ4n) is 1.51. The first-order valence-corrected chi connectivity index (χ1v) is 6.86. The van der Waals surface area contributed by atoms with Crippen molar-refractivity contribution in [3.05, 3.63) is 0 Å². The van der Waals surface area contributed by atoms with Crippen LogP contribution in [-0.4, -0.2) is 29.5 Å². The van der Waals surface area contributed by atoms with E-state index in [1.807, 2.05) is 0 Å². The van der Waals surface area contributed by atoms with Crippen LogP contribution in [0, 0.1) is 0 Å². The minimum atomic E-state index is -4.23. The van der Waals surface area contributed by atoms with Gasteiger partial charge in [0.2, 0.25) is 0 Å². The van der Waals surface area contributed by atoms with Gasteiger partial charge in [0.05, 0.1) is 10.8 Å². The quantitative estimate of drug-likeness (QED) is 0.444. The van der Waals surface area contributed by atoms with Crippen LogP contribution in [0.5, 0.6) is 0 Å². The van der Waals surface area contributed by atoms with Gasteiger partial charge in [0.25, 0.3) is 16.1 Å². The average molecular weight is 293 g/mol. The van der Waals surface area contributed by atoms with Crippen LogP contribution in [0.3, 0.4) is 0 Å². The highest BCUT2D eigenvalue weighted by Gasteiger charge is 2.55. The van der Waals surface area contributed by atoms with Gasteiger partial charge in [-0.1, -0.05) is 22.4 Å². The van der Waals surface area contributed by atoms with Crippen molar-refractivity contribution >= 4 is 50.9 Å². The molecule has 0 aromatic heterocycles. The van der Waals surface area contributed by atoms with E-state index >= 15 is 0 Å². The second-order valence-electron chi connectivity index (χ2n) is 3.22. The van der Waals surface area contributed by atoms with Crippen molar-refractivity contribution in [3.63, 3.8) is 0 Å². The highest BCUT2D eigenvalue weighted by atomic mass is 35.5. The number of isocyanates is 1. The molecule has 0 heterocycles. The molecule has 8 heteroatoms. The Hall–Kier alpha value is 0.200. The standard InChI is InChI=1S/C7H8Cl3NO3S/c8-5-2-1-3-6(9)7(5,10)15(13,14)11-4-12/h5-6H,1-3H2. The summed E-state index contributed by atoms with van der Waals surface area (Å²) < 4.78 is 24.0. The Labute approximate surface area is 103 Å². The molecule has 2 atom stereocenters. The number of halogens is 3. The van der Waals surface area contributed by atoms with Gasteiger partial charge in [0, 0.05) is 0 Å². The number of sulfonamides is 1. The van der Waals surface area contributed by atoms with Crippen LogP contribution < -0.4 is 0 Å². The van der Waals surface area contributed by atoms with Crippen molar-refractivity contribution in [2.24, 2.45) is 4.40 Å². The molecule has 1 aliphatic carbocycles. The molecule has 1 aliphatic rings. The van der Waals surface area contributed by atoms with Gasteiger partial charge in [-0.3, -0.25) is 0 Å². The largest absolute Gasteiger partial charge is 0.286 e. The van der Waals surface area contributed by atoms with Crippen molar-refractivity contribution in [1.82, 2.24) is 0 Å². The van der Waals surface area contributed by atoms with E-state index < -0.39 is 25.0 Å². The fourth-order valence-corrected chi connectivity index (χ4v) is 4.30. The number of hydrogen-bond acceptors (Lipinski definition) is 3. The summed E-state index contributed by atoms with van der Waals surface area (Å²) in [6.07, 6.45) is 2.49. The van der Waals surface area contributed by atoms with Crippen LogP contribution in [0.15, 0.2) is 4.40 Å². The molecule has 0 aliphatic heterocycles. The summed E-state index contributed by atoms with van der Waals surface area (Å²) in [6.45, 7) is 0. The maximum Gasteiger partial charge on any atom is 0.286 e. The van der Waals surface area contributed by atoms with Gasteiger partial charge in [-0.15, -0.1) is 23.2 Å². The topological polar surface area (TPSA) is 63.6 Å². The first-order valence-electron chi connectivity index (χ1n) is 4.17. The second-order valence-corrected chi connectivity index (χ2v) is 6.93. The average Bonchev–Trinajstić information content (AvgIpc) is 2.13. The lowest BCUT2D eigenvalue weighted by molar-refractivity contribution is 0.466. The molecule has 1 saturated carbocycles. The first kappa shape index (κ1) is 13.3. The van der Waals surface area contributed by atoms with E-state index in [2.05, 4.69) is 4.40 Å². The zero-order valence-electron chi connectivity index (χ0n) is 7.49. The van der Waals surface area contributed by atoms with Gasteiger partial charge in [0.15, 0.2) is 4.21 Å². The molecule has 0 spiro atoms. The Kier molecular flexibility index (Phi) is 4.07. The number of alkyl halides is 3. The van der Waals surface area contributed by atoms with E-state index in [0.29, 0.717) is 19.3 Å². The molecule has 15 heavy (non-hydrogen) atoms. The van der Waals surface area contributed by atoms with E-state index in [-0.39, 0.29) is 0 Å². The summed E-state index contributed by atoms with van der Waals surface area (Å²) in [5, 5.41) is -1.73. The zero-order valence-corrected chi connectivity index (χ0v) is 10.6. The minimum absolute atomic E-state index is 0.419. The summed E-state index contributed by atoms with van der Waals surface area (Å²) in [4.78, 5) is 10.0. The lowest BCUT2D eigenvalue weighted by Crippen LogP contribution is -2.50. The van der Waals surface area contributed by atoms with Crippen molar-refractivity contribution in [2.75, 3.05) is 0 Å². The molecule has 0 aromatic carbocycles. The van der Waals surface area contributed by atoms with E-state index in [0.717, 1.165) is 6.08 Å². The van der Waals surface area contributed by atoms with Crippen LogP contribution in [0.2, 0.25) is 0 Å². The maximum absolute atomic E-state index is 11.6. The molecule has 0 saturated heterocycles. The molecular weight excluding hydrogens is 285 g/mol. The van der Waals surface area contributed by atoms with Crippen LogP contribution in [-0.2, 0) is 14.8 Å². The molecular formula is C7H8Cl3NO3S. The van der Waals surface area contributed by atoms with Crippen LogP contribution >= 0.6 is 34.8 Å². The van der Waals surface area contributed by atoms with Gasteiger partial charge < -0.3 is 0 Å². The lowest BCUT2D eigenvalue weighted by atomic mass is 9.98. The van der Waals surface area contributed by atoms with Gasteiger partial charge in [0.1, 0.15) is 0 Å². The minimum Gasteiger partial charge on any atom is -0.210 e. The van der Waals surface area contributed by atoms with Gasteiger partial charge >= 0.3 is 0 Å². The molecule has 4 nitrogen and oxygen atoms in total. The number of carbonyl (C=O) groups excluding carboxylic acids is 1. The van der Waals surface area contributed by atoms with E-state index in [1.165, 1.54) is 0 Å². The SMILES string of the molecule is O=C=NS(=O)(=O)C1(Cl)C(Cl)CCCC1Cl. The molecule has 0 amide bonds. The molecule has 2 unspecified atom stereocenters. The fraction of sp³-hybridized carbons (Fsp3) is 0.857. The highest BCUT2D eigenvalue weighted by Crippen LogP contribution is 2.45. The summed E-state index contributed by atoms with van der Waals surface area (Å²) >= 11 is 17.6. The van der Waals surface area contributed by atoms with E-state index in [9.17, 15) is 13.2 Å². The van der Waals surface area contributed by atoms with Gasteiger partial charge in [-0.25, -0.2) is 13.2 Å². The van der Waals surface area contributed by atoms with Crippen LogP contribution in [0.1, 0.15) is 19.3 Å². The third kappa shape index (κ3) is 2.17. The Balaban J connectivity index is 3.23. The third-order valence-corrected chi connectivity index (χ3v) is 6.72. The molecule has 86 valence electrons. The molecule has 0 N–H and O–H groups in total. The molecule has 1 rings (SSSR count). The molecule has 0 radical (unpaired) electrons. The monoisotopic (exact) mass is 291 g/mol. The normalized spacial score (nSPS) is 37.0. The Morgan fingerprint density at radius 3 is 2.13 bits per heavy atom. The smallest absolute Gasteiger partial charge is 0.210 e. The highest BCUT2D eigenvalue weighted by molar-refractivity contribution is 7.93. The number of rotatable bonds is 2. The Morgan fingerprint density at radius 1 is 1.27 bits per heavy atom. The maximum atomic E-state index is 11.6. The molecule has 0 aromatic rings. The number of hydrogen-bond donors (Lipinski definition) is 0. The third-order valence-electron chi connectivity index (χ3n) is 2.32.